The molecule has 2 rings (SSSR count). The second kappa shape index (κ2) is 6.92. The van der Waals surface area contributed by atoms with Gasteiger partial charge in [0.25, 0.3) is 0 Å². The molecule has 0 radical (unpaired) electrons. The van der Waals surface area contributed by atoms with Crippen LogP contribution in [0.25, 0.3) is 11.1 Å². The molecule has 0 fully saturated rings. The quantitative estimate of drug-likeness (QED) is 0.868. The van der Waals surface area contributed by atoms with Crippen LogP contribution in [0, 0.1) is 5.82 Å². The molecule has 0 heterocycles. The molecule has 0 amide bonds. The number of benzene rings is 2. The molecule has 0 aromatic heterocycles. The van der Waals surface area contributed by atoms with Crippen LogP contribution in [-0.2, 0) is 6.54 Å². The van der Waals surface area contributed by atoms with Crippen LogP contribution in [0.2, 0.25) is 5.02 Å². The van der Waals surface area contributed by atoms with Gasteiger partial charge in [0, 0.05) is 28.7 Å². The van der Waals surface area contributed by atoms with Crippen LogP contribution < -0.4 is 10.1 Å². The van der Waals surface area contributed by atoms with E-state index < -0.39 is 0 Å². The number of rotatable bonds is 5. The van der Waals surface area contributed by atoms with Gasteiger partial charge in [-0.2, -0.15) is 0 Å². The van der Waals surface area contributed by atoms with Crippen molar-refractivity contribution < 1.29 is 9.13 Å². The molecule has 0 unspecified atom stereocenters. The third-order valence-corrected chi connectivity index (χ3v) is 3.43. The third-order valence-electron chi connectivity index (χ3n) is 3.20. The van der Waals surface area contributed by atoms with E-state index >= 15 is 0 Å². The Morgan fingerprint density at radius 1 is 1.14 bits per heavy atom. The van der Waals surface area contributed by atoms with Crippen LogP contribution in [-0.4, -0.2) is 13.2 Å². The lowest BCUT2D eigenvalue weighted by atomic mass is 10.0. The topological polar surface area (TPSA) is 21.3 Å². The van der Waals surface area contributed by atoms with E-state index in [1.54, 1.807) is 31.4 Å². The SMILES string of the molecule is COc1ccc(Cl)cc1-c1cc(CNC(C)C)ccc1F. The standard InChI is InChI=1S/C17H19ClFNO/c1-11(2)20-10-12-4-6-16(19)14(8-12)15-9-13(18)5-7-17(15)21-3/h4-9,11,20H,10H2,1-3H3. The molecule has 0 bridgehead atoms. The van der Waals surface area contributed by atoms with Gasteiger partial charge in [-0.1, -0.05) is 31.5 Å². The Morgan fingerprint density at radius 3 is 2.57 bits per heavy atom. The molecule has 0 saturated heterocycles. The fourth-order valence-electron chi connectivity index (χ4n) is 2.10. The normalized spacial score (nSPS) is 11.0. The van der Waals surface area contributed by atoms with E-state index in [4.69, 9.17) is 16.3 Å². The number of halogens is 2. The Kier molecular flexibility index (Phi) is 5.21. The lowest BCUT2D eigenvalue weighted by Gasteiger charge is -2.13. The van der Waals surface area contributed by atoms with Gasteiger partial charge in [0.15, 0.2) is 0 Å². The number of methoxy groups -OCH3 is 1. The van der Waals surface area contributed by atoms with Gasteiger partial charge in [0.1, 0.15) is 11.6 Å². The summed E-state index contributed by atoms with van der Waals surface area (Å²) in [6, 6.07) is 10.7. The average molecular weight is 308 g/mol. The summed E-state index contributed by atoms with van der Waals surface area (Å²) >= 11 is 6.03. The van der Waals surface area contributed by atoms with Crippen molar-refractivity contribution in [3.63, 3.8) is 0 Å². The molecular formula is C17H19ClFNO. The van der Waals surface area contributed by atoms with Crippen molar-refractivity contribution in [1.82, 2.24) is 5.32 Å². The predicted octanol–water partition coefficient (Wildman–Crippen LogP) is 4.65. The van der Waals surface area contributed by atoms with Crippen LogP contribution >= 0.6 is 11.6 Å². The van der Waals surface area contributed by atoms with Crippen molar-refractivity contribution in [1.29, 1.82) is 0 Å². The summed E-state index contributed by atoms with van der Waals surface area (Å²) in [6.07, 6.45) is 0. The molecule has 2 aromatic rings. The first kappa shape index (κ1) is 15.8. The highest BCUT2D eigenvalue weighted by Crippen LogP contribution is 2.34. The Morgan fingerprint density at radius 2 is 1.90 bits per heavy atom. The minimum Gasteiger partial charge on any atom is -0.496 e. The fraction of sp³-hybridized carbons (Fsp3) is 0.294. The molecule has 0 aliphatic carbocycles. The molecule has 2 nitrogen and oxygen atoms in total. The summed E-state index contributed by atoms with van der Waals surface area (Å²) in [6.45, 7) is 4.84. The Labute approximate surface area is 129 Å². The van der Waals surface area contributed by atoms with Crippen molar-refractivity contribution in [2.45, 2.75) is 26.4 Å². The average Bonchev–Trinajstić information content (AvgIpc) is 2.46. The molecule has 1 N–H and O–H groups in total. The summed E-state index contributed by atoms with van der Waals surface area (Å²) in [5.41, 5.74) is 2.17. The summed E-state index contributed by atoms with van der Waals surface area (Å²) in [7, 11) is 1.56. The largest absolute Gasteiger partial charge is 0.496 e. The lowest BCUT2D eigenvalue weighted by Crippen LogP contribution is -2.21. The minimum absolute atomic E-state index is 0.288. The van der Waals surface area contributed by atoms with Gasteiger partial charge in [-0.25, -0.2) is 4.39 Å². The number of hydrogen-bond donors (Lipinski definition) is 1. The zero-order valence-corrected chi connectivity index (χ0v) is 13.2. The smallest absolute Gasteiger partial charge is 0.131 e. The highest BCUT2D eigenvalue weighted by molar-refractivity contribution is 6.31. The van der Waals surface area contributed by atoms with Crippen LogP contribution in [0.4, 0.5) is 4.39 Å². The summed E-state index contributed by atoms with van der Waals surface area (Å²) in [5.74, 6) is 0.316. The molecule has 2 aromatic carbocycles. The maximum absolute atomic E-state index is 14.2. The summed E-state index contributed by atoms with van der Waals surface area (Å²) < 4.78 is 19.5. The van der Waals surface area contributed by atoms with Gasteiger partial charge in [-0.15, -0.1) is 0 Å². The molecule has 0 spiro atoms. The van der Waals surface area contributed by atoms with Gasteiger partial charge in [-0.3, -0.25) is 0 Å². The second-order valence-electron chi connectivity index (χ2n) is 5.19. The predicted molar refractivity (Wildman–Crippen MR) is 85.4 cm³/mol. The first-order valence-corrected chi connectivity index (χ1v) is 7.24. The van der Waals surface area contributed by atoms with E-state index in [0.29, 0.717) is 34.5 Å². The minimum atomic E-state index is -0.288. The third kappa shape index (κ3) is 3.96. The fourth-order valence-corrected chi connectivity index (χ4v) is 2.27. The zero-order chi connectivity index (χ0) is 15.4. The first-order chi connectivity index (χ1) is 10.0. The van der Waals surface area contributed by atoms with E-state index in [9.17, 15) is 4.39 Å². The van der Waals surface area contributed by atoms with Crippen LogP contribution in [0.3, 0.4) is 0 Å². The number of nitrogens with one attached hydrogen (secondary N) is 1. The molecule has 112 valence electrons. The van der Waals surface area contributed by atoms with E-state index in [1.807, 2.05) is 6.07 Å². The molecule has 0 aliphatic rings. The van der Waals surface area contributed by atoms with Crippen molar-refractivity contribution in [3.8, 4) is 16.9 Å². The van der Waals surface area contributed by atoms with Crippen molar-refractivity contribution in [2.75, 3.05) is 7.11 Å². The Bertz CT molecular complexity index is 628. The van der Waals surface area contributed by atoms with Crippen LogP contribution in [0.15, 0.2) is 36.4 Å². The van der Waals surface area contributed by atoms with Crippen molar-refractivity contribution in [2.24, 2.45) is 0 Å². The number of hydrogen-bond acceptors (Lipinski definition) is 2. The summed E-state index contributed by atoms with van der Waals surface area (Å²) in [5, 5.41) is 3.87. The maximum Gasteiger partial charge on any atom is 0.131 e. The molecule has 4 heteroatoms. The van der Waals surface area contributed by atoms with Gasteiger partial charge < -0.3 is 10.1 Å². The van der Waals surface area contributed by atoms with E-state index in [0.717, 1.165) is 5.56 Å². The van der Waals surface area contributed by atoms with Gasteiger partial charge in [-0.05, 0) is 35.9 Å². The number of ether oxygens (including phenoxy) is 1. The van der Waals surface area contributed by atoms with Crippen LogP contribution in [0.1, 0.15) is 19.4 Å². The Balaban J connectivity index is 2.43. The van der Waals surface area contributed by atoms with Gasteiger partial charge in [0.2, 0.25) is 0 Å². The molecule has 0 saturated carbocycles. The highest BCUT2D eigenvalue weighted by atomic mass is 35.5. The van der Waals surface area contributed by atoms with E-state index in [-0.39, 0.29) is 5.82 Å². The molecule has 0 atom stereocenters. The maximum atomic E-state index is 14.2. The van der Waals surface area contributed by atoms with Crippen LogP contribution in [0.5, 0.6) is 5.75 Å². The van der Waals surface area contributed by atoms with E-state index in [2.05, 4.69) is 19.2 Å². The summed E-state index contributed by atoms with van der Waals surface area (Å²) in [4.78, 5) is 0. The van der Waals surface area contributed by atoms with Crippen molar-refractivity contribution in [3.05, 3.63) is 52.8 Å². The Hall–Kier alpha value is -1.58. The van der Waals surface area contributed by atoms with Gasteiger partial charge >= 0.3 is 0 Å². The second-order valence-corrected chi connectivity index (χ2v) is 5.63. The molecule has 0 aliphatic heterocycles. The monoisotopic (exact) mass is 307 g/mol. The lowest BCUT2D eigenvalue weighted by molar-refractivity contribution is 0.416. The van der Waals surface area contributed by atoms with Gasteiger partial charge in [0.05, 0.1) is 7.11 Å². The van der Waals surface area contributed by atoms with E-state index in [1.165, 1.54) is 6.07 Å². The zero-order valence-electron chi connectivity index (χ0n) is 12.4. The highest BCUT2D eigenvalue weighted by Gasteiger charge is 2.12. The first-order valence-electron chi connectivity index (χ1n) is 6.87. The van der Waals surface area contributed by atoms with Crippen molar-refractivity contribution >= 4 is 11.6 Å². The molecular weight excluding hydrogens is 289 g/mol. The molecule has 21 heavy (non-hydrogen) atoms.